The number of hydrogen-bond donors (Lipinski definition) is 0. The normalized spacial score (nSPS) is 30.5. The highest BCUT2D eigenvalue weighted by Crippen LogP contribution is 2.31. The molecule has 2 fully saturated rings. The summed E-state index contributed by atoms with van der Waals surface area (Å²) in [5, 5.41) is 0. The first kappa shape index (κ1) is 13.8. The van der Waals surface area contributed by atoms with E-state index in [9.17, 15) is 4.79 Å². The fourth-order valence-corrected chi connectivity index (χ4v) is 2.76. The van der Waals surface area contributed by atoms with Gasteiger partial charge in [-0.25, -0.2) is 0 Å². The second-order valence-corrected chi connectivity index (χ2v) is 6.09. The van der Waals surface area contributed by atoms with E-state index in [-0.39, 0.29) is 24.0 Å². The van der Waals surface area contributed by atoms with E-state index in [1.165, 1.54) is 6.42 Å². The highest BCUT2D eigenvalue weighted by Gasteiger charge is 2.37. The molecule has 0 amide bonds. The molecule has 0 N–H and O–H groups in total. The van der Waals surface area contributed by atoms with Crippen molar-refractivity contribution < 1.29 is 19.0 Å². The van der Waals surface area contributed by atoms with E-state index >= 15 is 0 Å². The number of rotatable bonds is 5. The largest absolute Gasteiger partial charge is 0.461 e. The summed E-state index contributed by atoms with van der Waals surface area (Å²) in [6, 6.07) is 0. The number of ether oxygens (including phenoxy) is 3. The molecule has 4 nitrogen and oxygen atoms in total. The fraction of sp³-hybridized carbons (Fsp3) is 0.929. The average molecular weight is 256 g/mol. The van der Waals surface area contributed by atoms with Gasteiger partial charge in [-0.1, -0.05) is 6.92 Å². The average Bonchev–Trinajstić information content (AvgIpc) is 2.24. The Labute approximate surface area is 109 Å². The van der Waals surface area contributed by atoms with Gasteiger partial charge < -0.3 is 14.2 Å². The first-order valence-electron chi connectivity index (χ1n) is 6.95. The molecule has 3 unspecified atom stereocenters. The third-order valence-corrected chi connectivity index (χ3v) is 3.69. The van der Waals surface area contributed by atoms with E-state index in [0.717, 1.165) is 25.9 Å². The van der Waals surface area contributed by atoms with Gasteiger partial charge in [0.2, 0.25) is 0 Å². The Bertz CT molecular complexity index is 286. The molecular weight excluding hydrogens is 232 g/mol. The van der Waals surface area contributed by atoms with E-state index in [0.29, 0.717) is 12.3 Å². The summed E-state index contributed by atoms with van der Waals surface area (Å²) in [6.07, 6.45) is 4.74. The van der Waals surface area contributed by atoms with Crippen LogP contribution < -0.4 is 0 Å². The zero-order valence-corrected chi connectivity index (χ0v) is 11.6. The Morgan fingerprint density at radius 1 is 1.44 bits per heavy atom. The highest BCUT2D eigenvalue weighted by molar-refractivity contribution is 5.75. The maximum Gasteiger partial charge on any atom is 0.309 e. The standard InChI is InChI=1S/C14H24O4/c1-10(11-8-12(15)17-11)9-14(2,3)18-13-6-4-5-7-16-13/h10-11,13H,4-9H2,1-3H3. The van der Waals surface area contributed by atoms with Crippen LogP contribution in [0.15, 0.2) is 0 Å². The topological polar surface area (TPSA) is 44.8 Å². The van der Waals surface area contributed by atoms with Gasteiger partial charge in [0.05, 0.1) is 12.0 Å². The van der Waals surface area contributed by atoms with Crippen molar-refractivity contribution in [2.24, 2.45) is 5.92 Å². The molecule has 0 radical (unpaired) electrons. The first-order valence-corrected chi connectivity index (χ1v) is 6.95. The van der Waals surface area contributed by atoms with Crippen molar-refractivity contribution in [1.82, 2.24) is 0 Å². The van der Waals surface area contributed by atoms with E-state index < -0.39 is 0 Å². The van der Waals surface area contributed by atoms with Crippen LogP contribution in [-0.4, -0.2) is 30.6 Å². The molecule has 18 heavy (non-hydrogen) atoms. The lowest BCUT2D eigenvalue weighted by Gasteiger charge is -2.38. The van der Waals surface area contributed by atoms with Crippen LogP contribution in [0.25, 0.3) is 0 Å². The molecule has 0 saturated carbocycles. The number of carbonyl (C=O) groups is 1. The van der Waals surface area contributed by atoms with Crippen molar-refractivity contribution in [2.45, 2.75) is 70.9 Å². The molecule has 0 spiro atoms. The summed E-state index contributed by atoms with van der Waals surface area (Å²) in [7, 11) is 0. The predicted molar refractivity (Wildman–Crippen MR) is 67.0 cm³/mol. The summed E-state index contributed by atoms with van der Waals surface area (Å²) < 4.78 is 16.7. The molecule has 0 aromatic heterocycles. The van der Waals surface area contributed by atoms with Crippen molar-refractivity contribution >= 4 is 5.97 Å². The summed E-state index contributed by atoms with van der Waals surface area (Å²) in [6.45, 7) is 7.09. The molecule has 104 valence electrons. The number of carbonyl (C=O) groups excluding carboxylic acids is 1. The van der Waals surface area contributed by atoms with E-state index in [1.54, 1.807) is 0 Å². The van der Waals surface area contributed by atoms with Gasteiger partial charge in [0.25, 0.3) is 0 Å². The van der Waals surface area contributed by atoms with Crippen molar-refractivity contribution in [1.29, 1.82) is 0 Å². The zero-order chi connectivity index (χ0) is 13.2. The van der Waals surface area contributed by atoms with Gasteiger partial charge in [0, 0.05) is 6.61 Å². The van der Waals surface area contributed by atoms with Crippen LogP contribution in [0.4, 0.5) is 0 Å². The molecule has 3 atom stereocenters. The highest BCUT2D eigenvalue weighted by atomic mass is 16.7. The Morgan fingerprint density at radius 2 is 2.17 bits per heavy atom. The fourth-order valence-electron chi connectivity index (χ4n) is 2.76. The van der Waals surface area contributed by atoms with Gasteiger partial charge >= 0.3 is 5.97 Å². The molecule has 2 aliphatic rings. The Kier molecular flexibility index (Phi) is 4.28. The number of cyclic esters (lactones) is 1. The molecule has 4 heteroatoms. The third-order valence-electron chi connectivity index (χ3n) is 3.69. The summed E-state index contributed by atoms with van der Waals surface area (Å²) >= 11 is 0. The minimum atomic E-state index is -0.233. The first-order chi connectivity index (χ1) is 8.46. The van der Waals surface area contributed by atoms with Gasteiger partial charge in [-0.3, -0.25) is 4.79 Å². The lowest BCUT2D eigenvalue weighted by molar-refractivity contribution is -0.223. The second-order valence-electron chi connectivity index (χ2n) is 6.09. The van der Waals surface area contributed by atoms with Crippen LogP contribution in [0.1, 0.15) is 52.9 Å². The van der Waals surface area contributed by atoms with Crippen LogP contribution in [-0.2, 0) is 19.0 Å². The van der Waals surface area contributed by atoms with Gasteiger partial charge in [-0.2, -0.15) is 0 Å². The molecule has 2 saturated heterocycles. The van der Waals surface area contributed by atoms with Crippen LogP contribution in [0.2, 0.25) is 0 Å². The maximum absolute atomic E-state index is 10.8. The summed E-state index contributed by atoms with van der Waals surface area (Å²) in [5.41, 5.74) is -0.233. The van der Waals surface area contributed by atoms with Gasteiger partial charge in [0.15, 0.2) is 6.29 Å². The molecule has 2 aliphatic heterocycles. The van der Waals surface area contributed by atoms with E-state index in [4.69, 9.17) is 14.2 Å². The lowest BCUT2D eigenvalue weighted by Crippen LogP contribution is -2.42. The van der Waals surface area contributed by atoms with Crippen molar-refractivity contribution in [3.63, 3.8) is 0 Å². The molecule has 0 aromatic rings. The minimum Gasteiger partial charge on any atom is -0.461 e. The van der Waals surface area contributed by atoms with Crippen molar-refractivity contribution in [3.05, 3.63) is 0 Å². The van der Waals surface area contributed by atoms with Crippen LogP contribution in [0.5, 0.6) is 0 Å². The summed E-state index contributed by atoms with van der Waals surface area (Å²) in [4.78, 5) is 10.8. The van der Waals surface area contributed by atoms with Crippen LogP contribution in [0.3, 0.4) is 0 Å². The molecule has 0 bridgehead atoms. The van der Waals surface area contributed by atoms with Crippen LogP contribution >= 0.6 is 0 Å². The molecule has 2 heterocycles. The number of hydrogen-bond acceptors (Lipinski definition) is 4. The van der Waals surface area contributed by atoms with Gasteiger partial charge in [0.1, 0.15) is 6.10 Å². The quantitative estimate of drug-likeness (QED) is 0.709. The maximum atomic E-state index is 10.8. The summed E-state index contributed by atoms with van der Waals surface area (Å²) in [5.74, 6) is 0.252. The minimum absolute atomic E-state index is 0.0649. The molecule has 0 aromatic carbocycles. The SMILES string of the molecule is CC(CC(C)(C)OC1CCCCO1)C1CC(=O)O1. The third kappa shape index (κ3) is 3.69. The smallest absolute Gasteiger partial charge is 0.309 e. The number of esters is 1. The zero-order valence-electron chi connectivity index (χ0n) is 11.6. The van der Waals surface area contributed by atoms with Crippen LogP contribution in [0, 0.1) is 5.92 Å². The Balaban J connectivity index is 1.76. The lowest BCUT2D eigenvalue weighted by atomic mass is 9.87. The molecule has 0 aliphatic carbocycles. The molecular formula is C14H24O4. The molecule has 2 rings (SSSR count). The van der Waals surface area contributed by atoms with Gasteiger partial charge in [-0.05, 0) is 45.4 Å². The Morgan fingerprint density at radius 3 is 2.72 bits per heavy atom. The Hall–Kier alpha value is -0.610. The second kappa shape index (κ2) is 5.57. The monoisotopic (exact) mass is 256 g/mol. The van der Waals surface area contributed by atoms with Crippen molar-refractivity contribution in [2.75, 3.05) is 6.61 Å². The van der Waals surface area contributed by atoms with E-state index in [1.807, 2.05) is 0 Å². The predicted octanol–water partition coefficient (Wildman–Crippen LogP) is 2.65. The van der Waals surface area contributed by atoms with E-state index in [2.05, 4.69) is 20.8 Å². The van der Waals surface area contributed by atoms with Crippen molar-refractivity contribution in [3.8, 4) is 0 Å². The van der Waals surface area contributed by atoms with Gasteiger partial charge in [-0.15, -0.1) is 0 Å².